The fraction of sp³-hybridized carbons (Fsp3) is 0.263. The molecule has 0 fully saturated rings. The van der Waals surface area contributed by atoms with Gasteiger partial charge in [-0.15, -0.1) is 0 Å². The van der Waals surface area contributed by atoms with E-state index in [1.807, 2.05) is 73.0 Å². The molecule has 0 saturated heterocycles. The van der Waals surface area contributed by atoms with Crippen LogP contribution in [0.2, 0.25) is 0 Å². The highest BCUT2D eigenvalue weighted by atomic mass is 32.2. The highest BCUT2D eigenvalue weighted by molar-refractivity contribution is 7.92. The molecule has 0 spiro atoms. The maximum atomic E-state index is 12.3. The predicted molar refractivity (Wildman–Crippen MR) is 103 cm³/mol. The summed E-state index contributed by atoms with van der Waals surface area (Å²) in [5, 5.41) is 2.66. The number of fused-ring (bicyclic) bond motifs is 1. The van der Waals surface area contributed by atoms with E-state index in [1.165, 1.54) is 0 Å². The molecule has 136 valence electrons. The van der Waals surface area contributed by atoms with Crippen molar-refractivity contribution in [2.24, 2.45) is 5.92 Å². The third kappa shape index (κ3) is 4.11. The maximum Gasteiger partial charge on any atom is 0.241 e. The minimum absolute atomic E-state index is 0.0183. The van der Waals surface area contributed by atoms with E-state index in [0.29, 0.717) is 5.95 Å². The number of amides is 1. The Balaban J connectivity index is 1.94. The minimum Gasteiger partial charge on any atom is -0.295 e. The number of benzene rings is 2. The quantitative estimate of drug-likeness (QED) is 0.722. The van der Waals surface area contributed by atoms with E-state index in [9.17, 15) is 13.2 Å². The first-order valence-corrected chi connectivity index (χ1v) is 10.2. The monoisotopic (exact) mass is 371 g/mol. The molecule has 0 aliphatic carbocycles. The average Bonchev–Trinajstić information content (AvgIpc) is 2.91. The van der Waals surface area contributed by atoms with Crippen molar-refractivity contribution in [1.29, 1.82) is 0 Å². The average molecular weight is 371 g/mol. The first-order valence-electron chi connectivity index (χ1n) is 8.39. The number of carbonyl (C=O) groups is 1. The predicted octanol–water partition coefficient (Wildman–Crippen LogP) is 3.03. The molecule has 26 heavy (non-hydrogen) atoms. The van der Waals surface area contributed by atoms with Crippen LogP contribution in [0.1, 0.15) is 13.8 Å². The summed E-state index contributed by atoms with van der Waals surface area (Å²) < 4.78 is 26.0. The number of anilines is 1. The van der Waals surface area contributed by atoms with Crippen LogP contribution in [-0.2, 0) is 14.6 Å². The van der Waals surface area contributed by atoms with Crippen LogP contribution in [0.3, 0.4) is 0 Å². The summed E-state index contributed by atoms with van der Waals surface area (Å²) in [4.78, 5) is 16.8. The lowest BCUT2D eigenvalue weighted by Gasteiger charge is -2.11. The zero-order chi connectivity index (χ0) is 18.7. The van der Waals surface area contributed by atoms with Crippen molar-refractivity contribution in [2.45, 2.75) is 13.8 Å². The zero-order valence-electron chi connectivity index (χ0n) is 14.7. The highest BCUT2D eigenvalue weighted by Gasteiger charge is 2.21. The van der Waals surface area contributed by atoms with Crippen molar-refractivity contribution >= 4 is 32.7 Å². The number of imidazole rings is 1. The molecule has 0 bridgehead atoms. The van der Waals surface area contributed by atoms with Crippen molar-refractivity contribution in [3.8, 4) is 5.69 Å². The largest absolute Gasteiger partial charge is 0.295 e. The molecule has 0 aliphatic rings. The maximum absolute atomic E-state index is 12.3. The summed E-state index contributed by atoms with van der Waals surface area (Å²) in [6.45, 7) is 3.62. The minimum atomic E-state index is -3.46. The fourth-order valence-corrected chi connectivity index (χ4v) is 4.48. The molecule has 3 aromatic rings. The van der Waals surface area contributed by atoms with Gasteiger partial charge in [0.25, 0.3) is 0 Å². The molecule has 1 N–H and O–H groups in total. The first kappa shape index (κ1) is 18.1. The Morgan fingerprint density at radius 3 is 2.42 bits per heavy atom. The van der Waals surface area contributed by atoms with Crippen LogP contribution in [0.15, 0.2) is 54.6 Å². The molecule has 0 radical (unpaired) electrons. The van der Waals surface area contributed by atoms with E-state index in [-0.39, 0.29) is 11.7 Å². The standard InChI is InChI=1S/C19H21N3O3S/c1-14(2)12-26(24,25)13-18(23)21-19-20-16-10-6-7-11-17(16)22(19)15-8-4-3-5-9-15/h3-11,14H,12-13H2,1-2H3,(H,20,21,23). The molecule has 6 nitrogen and oxygen atoms in total. The topological polar surface area (TPSA) is 81.1 Å². The van der Waals surface area contributed by atoms with Crippen LogP contribution in [0.4, 0.5) is 5.95 Å². The van der Waals surface area contributed by atoms with E-state index < -0.39 is 21.5 Å². The van der Waals surface area contributed by atoms with E-state index in [4.69, 9.17) is 0 Å². The normalized spacial score (nSPS) is 11.8. The Kier molecular flexibility index (Phi) is 5.08. The molecule has 7 heteroatoms. The number of rotatable bonds is 6. The van der Waals surface area contributed by atoms with Gasteiger partial charge in [-0.2, -0.15) is 0 Å². The summed E-state index contributed by atoms with van der Waals surface area (Å²) in [7, 11) is -3.46. The van der Waals surface area contributed by atoms with Gasteiger partial charge >= 0.3 is 0 Å². The van der Waals surface area contributed by atoms with Crippen molar-refractivity contribution in [2.75, 3.05) is 16.8 Å². The SMILES string of the molecule is CC(C)CS(=O)(=O)CC(=O)Nc1nc2ccccc2n1-c1ccccc1. The van der Waals surface area contributed by atoms with Crippen molar-refractivity contribution in [3.63, 3.8) is 0 Å². The third-order valence-corrected chi connectivity index (χ3v) is 5.64. The molecule has 2 aromatic carbocycles. The number of nitrogens with zero attached hydrogens (tertiary/aromatic N) is 2. The van der Waals surface area contributed by atoms with E-state index in [1.54, 1.807) is 0 Å². The number of hydrogen-bond acceptors (Lipinski definition) is 4. The molecule has 0 saturated carbocycles. The highest BCUT2D eigenvalue weighted by Crippen LogP contribution is 2.24. The smallest absolute Gasteiger partial charge is 0.241 e. The second-order valence-electron chi connectivity index (χ2n) is 6.59. The van der Waals surface area contributed by atoms with Gasteiger partial charge in [-0.05, 0) is 30.2 Å². The number of aromatic nitrogens is 2. The Morgan fingerprint density at radius 2 is 1.73 bits per heavy atom. The molecule has 0 atom stereocenters. The molecule has 0 unspecified atom stereocenters. The second kappa shape index (κ2) is 7.29. The molecule has 1 heterocycles. The van der Waals surface area contributed by atoms with Crippen molar-refractivity contribution in [3.05, 3.63) is 54.6 Å². The first-order chi connectivity index (χ1) is 12.4. The molecular formula is C19H21N3O3S. The molecule has 3 rings (SSSR count). The van der Waals surface area contributed by atoms with Crippen LogP contribution in [-0.4, -0.2) is 35.4 Å². The Morgan fingerprint density at radius 1 is 1.08 bits per heavy atom. The third-order valence-electron chi connectivity index (χ3n) is 3.76. The number of nitrogens with one attached hydrogen (secondary N) is 1. The Hall–Kier alpha value is -2.67. The summed E-state index contributed by atoms with van der Waals surface area (Å²) in [5.41, 5.74) is 2.39. The lowest BCUT2D eigenvalue weighted by atomic mass is 10.3. The lowest BCUT2D eigenvalue weighted by molar-refractivity contribution is -0.113. The van der Waals surface area contributed by atoms with Crippen LogP contribution >= 0.6 is 0 Å². The Labute approximate surface area is 152 Å². The van der Waals surface area contributed by atoms with Crippen LogP contribution in [0, 0.1) is 5.92 Å². The van der Waals surface area contributed by atoms with Crippen LogP contribution in [0.5, 0.6) is 0 Å². The lowest BCUT2D eigenvalue weighted by Crippen LogP contribution is -2.27. The number of carbonyl (C=O) groups excluding carboxylic acids is 1. The van der Waals surface area contributed by atoms with Crippen molar-refractivity contribution < 1.29 is 13.2 Å². The number of hydrogen-bond donors (Lipinski definition) is 1. The summed E-state index contributed by atoms with van der Waals surface area (Å²) in [5.74, 6) is -0.874. The fourth-order valence-electron chi connectivity index (χ4n) is 2.88. The van der Waals surface area contributed by atoms with Gasteiger partial charge in [-0.1, -0.05) is 44.2 Å². The molecular weight excluding hydrogens is 350 g/mol. The summed E-state index contributed by atoms with van der Waals surface area (Å²) >= 11 is 0. The molecule has 1 aromatic heterocycles. The van der Waals surface area contributed by atoms with Crippen LogP contribution < -0.4 is 5.32 Å². The van der Waals surface area contributed by atoms with Crippen LogP contribution in [0.25, 0.3) is 16.7 Å². The van der Waals surface area contributed by atoms with Gasteiger partial charge in [0.2, 0.25) is 11.9 Å². The van der Waals surface area contributed by atoms with E-state index in [2.05, 4.69) is 10.3 Å². The van der Waals surface area contributed by atoms with E-state index in [0.717, 1.165) is 16.7 Å². The summed E-state index contributed by atoms with van der Waals surface area (Å²) in [6, 6.07) is 17.0. The summed E-state index contributed by atoms with van der Waals surface area (Å²) in [6.07, 6.45) is 0. The second-order valence-corrected chi connectivity index (χ2v) is 8.70. The van der Waals surface area contributed by atoms with Gasteiger partial charge in [-0.3, -0.25) is 14.7 Å². The Bertz CT molecular complexity index is 1020. The van der Waals surface area contributed by atoms with Gasteiger partial charge in [0.05, 0.1) is 16.8 Å². The number of para-hydroxylation sites is 3. The van der Waals surface area contributed by atoms with Crippen molar-refractivity contribution in [1.82, 2.24) is 9.55 Å². The zero-order valence-corrected chi connectivity index (χ0v) is 15.5. The molecule has 0 aliphatic heterocycles. The van der Waals surface area contributed by atoms with Gasteiger partial charge < -0.3 is 0 Å². The molecule has 1 amide bonds. The van der Waals surface area contributed by atoms with Gasteiger partial charge in [0, 0.05) is 5.69 Å². The van der Waals surface area contributed by atoms with Gasteiger partial charge in [-0.25, -0.2) is 13.4 Å². The van der Waals surface area contributed by atoms with Gasteiger partial charge in [0.1, 0.15) is 5.75 Å². The van der Waals surface area contributed by atoms with E-state index >= 15 is 0 Å². The van der Waals surface area contributed by atoms with Gasteiger partial charge in [0.15, 0.2) is 9.84 Å². The number of sulfone groups is 1.